The number of furan rings is 1. The number of benzene rings is 1. The molecule has 86 valence electrons. The zero-order valence-electron chi connectivity index (χ0n) is 9.46. The first-order valence-electron chi connectivity index (χ1n) is 5.52. The summed E-state index contributed by atoms with van der Waals surface area (Å²) in [6, 6.07) is 5.82. The van der Waals surface area contributed by atoms with Gasteiger partial charge in [-0.15, -0.1) is 0 Å². The van der Waals surface area contributed by atoms with Crippen LogP contribution < -0.4 is 0 Å². The van der Waals surface area contributed by atoms with E-state index in [9.17, 15) is 0 Å². The van der Waals surface area contributed by atoms with Gasteiger partial charge in [-0.3, -0.25) is 0 Å². The summed E-state index contributed by atoms with van der Waals surface area (Å²) in [5.41, 5.74) is 2.85. The van der Waals surface area contributed by atoms with Crippen LogP contribution in [0.2, 0.25) is 5.02 Å². The molecule has 4 heteroatoms. The average molecular weight is 247 g/mol. The summed E-state index contributed by atoms with van der Waals surface area (Å²) in [6.07, 6.45) is 0.893. The fraction of sp³-hybridized carbons (Fsp3) is 0.308. The molecule has 17 heavy (non-hydrogen) atoms. The topological polar surface area (TPSA) is 40.2 Å². The second kappa shape index (κ2) is 3.76. The lowest BCUT2D eigenvalue weighted by atomic mass is 10.0. The number of nitrogens with zero attached hydrogens (tertiary/aromatic N) is 2. The van der Waals surface area contributed by atoms with E-state index in [1.165, 1.54) is 0 Å². The highest BCUT2D eigenvalue weighted by atomic mass is 35.5. The van der Waals surface area contributed by atoms with Crippen molar-refractivity contribution >= 4 is 22.6 Å². The van der Waals surface area contributed by atoms with E-state index in [1.54, 1.807) is 0 Å². The third kappa shape index (κ3) is 1.53. The highest BCUT2D eigenvalue weighted by Gasteiger charge is 2.22. The first-order chi connectivity index (χ1) is 8.20. The fourth-order valence-electron chi connectivity index (χ4n) is 2.44. The molecule has 0 saturated heterocycles. The van der Waals surface area contributed by atoms with E-state index >= 15 is 0 Å². The van der Waals surface area contributed by atoms with E-state index in [2.05, 4.69) is 11.0 Å². The molecule has 1 aliphatic heterocycles. The van der Waals surface area contributed by atoms with Crippen molar-refractivity contribution in [3.05, 3.63) is 34.0 Å². The van der Waals surface area contributed by atoms with Crippen LogP contribution in [0.25, 0.3) is 11.0 Å². The molecular formula is C13H11ClN2O. The summed E-state index contributed by atoms with van der Waals surface area (Å²) >= 11 is 6.24. The fourth-order valence-corrected chi connectivity index (χ4v) is 2.69. The average Bonchev–Trinajstić information content (AvgIpc) is 2.56. The van der Waals surface area contributed by atoms with Crippen molar-refractivity contribution in [2.24, 2.45) is 0 Å². The van der Waals surface area contributed by atoms with E-state index in [4.69, 9.17) is 21.3 Å². The predicted molar refractivity (Wildman–Crippen MR) is 66.0 cm³/mol. The summed E-state index contributed by atoms with van der Waals surface area (Å²) in [5, 5.41) is 10.9. The van der Waals surface area contributed by atoms with Gasteiger partial charge in [0.25, 0.3) is 0 Å². The van der Waals surface area contributed by atoms with Crippen LogP contribution in [0.15, 0.2) is 16.5 Å². The van der Waals surface area contributed by atoms with E-state index in [0.717, 1.165) is 46.6 Å². The molecule has 0 unspecified atom stereocenters. The molecule has 0 spiro atoms. The van der Waals surface area contributed by atoms with Gasteiger partial charge in [0.15, 0.2) is 0 Å². The van der Waals surface area contributed by atoms with Crippen molar-refractivity contribution in [3.63, 3.8) is 0 Å². The summed E-state index contributed by atoms with van der Waals surface area (Å²) in [7, 11) is 2.04. The Labute approximate surface area is 104 Å². The number of hydrogen-bond donors (Lipinski definition) is 0. The molecule has 3 nitrogen and oxygen atoms in total. The normalized spacial score (nSPS) is 15.8. The molecule has 0 N–H and O–H groups in total. The second-order valence-corrected chi connectivity index (χ2v) is 4.82. The molecular weight excluding hydrogens is 236 g/mol. The molecule has 0 amide bonds. The van der Waals surface area contributed by atoms with E-state index in [0.29, 0.717) is 5.76 Å². The standard InChI is InChI=1S/C13H11ClN2O/c1-16-5-4-8-10(14)2-3-11-13(8)9(7-16)12(6-15)17-11/h2-3H,4-5,7H2,1H3. The molecule has 0 atom stereocenters. The van der Waals surface area contributed by atoms with Gasteiger partial charge in [-0.1, -0.05) is 11.6 Å². The number of nitriles is 1. The predicted octanol–water partition coefficient (Wildman–Crippen LogP) is 2.95. The van der Waals surface area contributed by atoms with Crippen LogP contribution in [0.4, 0.5) is 0 Å². The zero-order chi connectivity index (χ0) is 12.0. The molecule has 0 saturated carbocycles. The minimum absolute atomic E-state index is 0.414. The third-order valence-electron chi connectivity index (χ3n) is 3.28. The Morgan fingerprint density at radius 3 is 3.00 bits per heavy atom. The van der Waals surface area contributed by atoms with Crippen molar-refractivity contribution in [2.45, 2.75) is 13.0 Å². The van der Waals surface area contributed by atoms with Crippen molar-refractivity contribution in [2.75, 3.05) is 13.6 Å². The van der Waals surface area contributed by atoms with Crippen LogP contribution in [0.5, 0.6) is 0 Å². The summed E-state index contributed by atoms with van der Waals surface area (Å²) in [5.74, 6) is 0.414. The van der Waals surface area contributed by atoms with Gasteiger partial charge in [0.1, 0.15) is 11.7 Å². The van der Waals surface area contributed by atoms with Crippen LogP contribution in [0.3, 0.4) is 0 Å². The Kier molecular flexibility index (Phi) is 2.36. The minimum atomic E-state index is 0.414. The Morgan fingerprint density at radius 2 is 2.24 bits per heavy atom. The summed E-state index contributed by atoms with van der Waals surface area (Å²) in [6.45, 7) is 1.68. The molecule has 1 aliphatic rings. The quantitative estimate of drug-likeness (QED) is 0.718. The molecule has 2 aromatic rings. The molecule has 0 radical (unpaired) electrons. The van der Waals surface area contributed by atoms with Gasteiger partial charge in [0, 0.05) is 29.1 Å². The largest absolute Gasteiger partial charge is 0.445 e. The van der Waals surface area contributed by atoms with E-state index in [-0.39, 0.29) is 0 Å². The Balaban J connectivity index is 2.40. The summed E-state index contributed by atoms with van der Waals surface area (Å²) in [4.78, 5) is 2.18. The maximum Gasteiger partial charge on any atom is 0.209 e. The van der Waals surface area contributed by atoms with Crippen molar-refractivity contribution in [1.82, 2.24) is 4.90 Å². The second-order valence-electron chi connectivity index (χ2n) is 4.41. The van der Waals surface area contributed by atoms with Gasteiger partial charge in [-0.05, 0) is 31.2 Å². The monoisotopic (exact) mass is 246 g/mol. The maximum atomic E-state index is 9.12. The Hall–Kier alpha value is -1.50. The molecule has 1 aromatic heterocycles. The first kappa shape index (κ1) is 10.6. The minimum Gasteiger partial charge on any atom is -0.445 e. The first-order valence-corrected chi connectivity index (χ1v) is 5.90. The summed E-state index contributed by atoms with van der Waals surface area (Å²) < 4.78 is 5.57. The lowest BCUT2D eigenvalue weighted by Gasteiger charge is -2.12. The lowest BCUT2D eigenvalue weighted by Crippen LogP contribution is -2.18. The number of hydrogen-bond acceptors (Lipinski definition) is 3. The van der Waals surface area contributed by atoms with Gasteiger partial charge in [-0.25, -0.2) is 0 Å². The highest BCUT2D eigenvalue weighted by Crippen LogP contribution is 2.35. The smallest absolute Gasteiger partial charge is 0.209 e. The zero-order valence-corrected chi connectivity index (χ0v) is 10.2. The van der Waals surface area contributed by atoms with Gasteiger partial charge < -0.3 is 9.32 Å². The maximum absolute atomic E-state index is 9.12. The van der Waals surface area contributed by atoms with E-state index in [1.807, 2.05) is 19.2 Å². The van der Waals surface area contributed by atoms with Crippen molar-refractivity contribution in [1.29, 1.82) is 5.26 Å². The van der Waals surface area contributed by atoms with Crippen LogP contribution in [0.1, 0.15) is 16.9 Å². The van der Waals surface area contributed by atoms with Crippen LogP contribution in [-0.4, -0.2) is 18.5 Å². The van der Waals surface area contributed by atoms with Crippen molar-refractivity contribution in [3.8, 4) is 6.07 Å². The number of likely N-dealkylation sites (N-methyl/N-ethyl adjacent to an activating group) is 1. The molecule has 0 aliphatic carbocycles. The van der Waals surface area contributed by atoms with Crippen LogP contribution >= 0.6 is 11.6 Å². The number of rotatable bonds is 0. The lowest BCUT2D eigenvalue weighted by molar-refractivity contribution is 0.334. The van der Waals surface area contributed by atoms with Gasteiger partial charge >= 0.3 is 0 Å². The molecule has 3 rings (SSSR count). The highest BCUT2D eigenvalue weighted by molar-refractivity contribution is 6.32. The molecule has 2 heterocycles. The van der Waals surface area contributed by atoms with Crippen molar-refractivity contribution < 1.29 is 4.42 Å². The Bertz CT molecular complexity index is 639. The molecule has 0 bridgehead atoms. The third-order valence-corrected chi connectivity index (χ3v) is 3.63. The van der Waals surface area contributed by atoms with Gasteiger partial charge in [0.05, 0.1) is 0 Å². The molecule has 0 fully saturated rings. The Morgan fingerprint density at radius 1 is 1.41 bits per heavy atom. The number of halogens is 1. The molecule has 1 aromatic carbocycles. The van der Waals surface area contributed by atoms with Crippen LogP contribution in [0, 0.1) is 11.3 Å². The SMILES string of the molecule is CN1CCc2c(Cl)ccc3oc(C#N)c(c23)C1. The van der Waals surface area contributed by atoms with Gasteiger partial charge in [-0.2, -0.15) is 5.26 Å². The van der Waals surface area contributed by atoms with Gasteiger partial charge in [0.2, 0.25) is 5.76 Å². The van der Waals surface area contributed by atoms with Crippen LogP contribution in [-0.2, 0) is 13.0 Å². The van der Waals surface area contributed by atoms with E-state index < -0.39 is 0 Å².